The minimum atomic E-state index is -0.154. The number of rotatable bonds is 0. The van der Waals surface area contributed by atoms with Crippen LogP contribution in [0.3, 0.4) is 0 Å². The summed E-state index contributed by atoms with van der Waals surface area (Å²) in [6.45, 7) is 4.88. The second kappa shape index (κ2) is 7.78. The van der Waals surface area contributed by atoms with Crippen LogP contribution in [0.15, 0.2) is 120 Å². The topological polar surface area (TPSA) is 23.0 Å². The van der Waals surface area contributed by atoms with E-state index in [4.69, 9.17) is 4.42 Å². The third kappa shape index (κ3) is 2.48. The van der Waals surface area contributed by atoms with Crippen molar-refractivity contribution in [2.75, 3.05) is 0 Å². The van der Waals surface area contributed by atoms with Gasteiger partial charge in [-0.2, -0.15) is 0 Å². The van der Waals surface area contributed by atoms with Crippen molar-refractivity contribution in [1.82, 2.24) is 9.05 Å². The van der Waals surface area contributed by atoms with Crippen LogP contribution in [0.2, 0.25) is 0 Å². The molecule has 6 aromatic carbocycles. The van der Waals surface area contributed by atoms with Crippen LogP contribution in [0.4, 0.5) is 0 Å². The van der Waals surface area contributed by atoms with Gasteiger partial charge in [0.1, 0.15) is 11.1 Å². The van der Waals surface area contributed by atoms with Crippen LogP contribution in [0, 0.1) is 0 Å². The molecule has 0 saturated carbocycles. The minimum absolute atomic E-state index is 0.0285. The van der Waals surface area contributed by atoms with Gasteiger partial charge in [-0.3, -0.25) is 0 Å². The number of benzene rings is 6. The van der Waals surface area contributed by atoms with Crippen LogP contribution in [0.25, 0.3) is 92.0 Å². The number of aromatic nitrogens is 2. The Bertz CT molecular complexity index is 3170. The molecule has 0 spiro atoms. The summed E-state index contributed by atoms with van der Waals surface area (Å²) < 4.78 is 14.8. The quantitative estimate of drug-likeness (QED) is 0.153. The van der Waals surface area contributed by atoms with E-state index in [1.807, 2.05) is 11.3 Å². The van der Waals surface area contributed by atoms with E-state index in [0.717, 1.165) is 16.6 Å². The molecule has 0 N–H and O–H groups in total. The number of para-hydroxylation sites is 3. The normalized spacial score (nSPS) is 15.0. The van der Waals surface area contributed by atoms with Gasteiger partial charge in [-0.25, -0.2) is 0 Å². The van der Waals surface area contributed by atoms with E-state index < -0.39 is 0 Å². The minimum Gasteiger partial charge on any atom is -0.454 e. The molecular formula is C43H25BN2OS. The lowest BCUT2D eigenvalue weighted by molar-refractivity contribution is 0.632. The molecule has 3 aliphatic rings. The third-order valence-corrected chi connectivity index (χ3v) is 13.0. The average Bonchev–Trinajstić information content (AvgIpc) is 3.90. The molecule has 0 fully saturated rings. The van der Waals surface area contributed by atoms with Gasteiger partial charge in [0.15, 0.2) is 5.58 Å². The fraction of sp³-hybridized carbons (Fsp3) is 0.0698. The molecule has 0 atom stereocenters. The van der Waals surface area contributed by atoms with Gasteiger partial charge in [0.2, 0.25) is 0 Å². The largest absolute Gasteiger partial charge is 0.454 e. The first kappa shape index (κ1) is 24.6. The van der Waals surface area contributed by atoms with Gasteiger partial charge in [-0.05, 0) is 57.9 Å². The number of hydrogen-bond donors (Lipinski definition) is 0. The summed E-state index contributed by atoms with van der Waals surface area (Å²) >= 11 is 1.93. The second-order valence-corrected chi connectivity index (χ2v) is 15.4. The van der Waals surface area contributed by atoms with Gasteiger partial charge in [-0.15, -0.1) is 11.3 Å². The van der Waals surface area contributed by atoms with Crippen molar-refractivity contribution < 1.29 is 4.42 Å². The number of fused-ring (bicyclic) bond motifs is 18. The number of nitrogens with zero attached hydrogens (tertiary/aromatic N) is 2. The molecule has 0 bridgehead atoms. The van der Waals surface area contributed by atoms with Crippen LogP contribution in [0.5, 0.6) is 0 Å². The van der Waals surface area contributed by atoms with E-state index in [1.165, 1.54) is 97.6 Å². The summed E-state index contributed by atoms with van der Waals surface area (Å²) in [6, 6.07) is 43.0. The van der Waals surface area contributed by atoms with E-state index in [0.29, 0.717) is 0 Å². The Morgan fingerprint density at radius 3 is 2.33 bits per heavy atom. The molecule has 10 aromatic rings. The third-order valence-electron chi connectivity index (χ3n) is 11.8. The highest BCUT2D eigenvalue weighted by Gasteiger charge is 2.48. The average molecular weight is 629 g/mol. The lowest BCUT2D eigenvalue weighted by atomic mass is 9.45. The zero-order valence-corrected chi connectivity index (χ0v) is 27.1. The smallest absolute Gasteiger partial charge is 0.332 e. The molecule has 1 aliphatic carbocycles. The molecule has 0 amide bonds. The summed E-state index contributed by atoms with van der Waals surface area (Å²) in [5, 5.41) is 6.37. The predicted molar refractivity (Wildman–Crippen MR) is 202 cm³/mol. The first-order valence-electron chi connectivity index (χ1n) is 16.8. The fourth-order valence-electron chi connectivity index (χ4n) is 10.1. The van der Waals surface area contributed by atoms with Crippen molar-refractivity contribution in [2.45, 2.75) is 19.3 Å². The molecule has 222 valence electrons. The van der Waals surface area contributed by atoms with E-state index in [-0.39, 0.29) is 12.3 Å². The van der Waals surface area contributed by atoms with E-state index in [2.05, 4.69) is 138 Å². The number of thiophene rings is 1. The highest BCUT2D eigenvalue weighted by Crippen LogP contribution is 2.56. The summed E-state index contributed by atoms with van der Waals surface area (Å²) in [5.41, 5.74) is 17.9. The zero-order chi connectivity index (χ0) is 31.2. The summed E-state index contributed by atoms with van der Waals surface area (Å²) in [4.78, 5) is 0. The van der Waals surface area contributed by atoms with Gasteiger partial charge < -0.3 is 13.5 Å². The lowest BCUT2D eigenvalue weighted by Gasteiger charge is -2.36. The fourth-order valence-corrected chi connectivity index (χ4v) is 11.3. The van der Waals surface area contributed by atoms with Crippen LogP contribution >= 0.6 is 11.3 Å². The second-order valence-electron chi connectivity index (χ2n) is 14.4. The van der Waals surface area contributed by atoms with Crippen LogP contribution in [0.1, 0.15) is 25.1 Å². The van der Waals surface area contributed by atoms with E-state index >= 15 is 0 Å². The summed E-state index contributed by atoms with van der Waals surface area (Å²) in [7, 11) is 0. The SMILES string of the molecule is CC1(C)c2ccccc2-c2c1n1c3c(cccc23)-c2cc3c(sc4ccccc43)c3c2B1c1cccc2c4oc5ccccc5c4n-3c12. The standard InChI is InChI=1S/C43H25BN2OS/c1-43(2)30-17-6-3-12-24(30)34-26-15-9-14-23-28-21-29-22-11-5-8-20-33(22)48-41(29)39-35(28)44(46(36(23)26)42(34)43)31-18-10-16-27-37(31)45(39)38-25-13-4-7-19-32(25)47-40(27)38/h3-21H,1-2H3. The highest BCUT2D eigenvalue weighted by molar-refractivity contribution is 7.26. The van der Waals surface area contributed by atoms with Crippen molar-refractivity contribution in [1.29, 1.82) is 0 Å². The van der Waals surface area contributed by atoms with Gasteiger partial charge in [0.25, 0.3) is 0 Å². The summed E-state index contributed by atoms with van der Waals surface area (Å²) in [6.07, 6.45) is 0. The molecule has 4 aromatic heterocycles. The highest BCUT2D eigenvalue weighted by atomic mass is 32.1. The Morgan fingerprint density at radius 2 is 1.40 bits per heavy atom. The number of hydrogen-bond acceptors (Lipinski definition) is 2. The maximum absolute atomic E-state index is 6.76. The molecule has 2 aliphatic heterocycles. The molecule has 5 heteroatoms. The van der Waals surface area contributed by atoms with Crippen molar-refractivity contribution in [2.24, 2.45) is 0 Å². The van der Waals surface area contributed by atoms with Gasteiger partial charge in [0.05, 0.1) is 15.9 Å². The molecule has 48 heavy (non-hydrogen) atoms. The maximum atomic E-state index is 6.76. The van der Waals surface area contributed by atoms with Crippen molar-refractivity contribution >= 4 is 93.2 Å². The summed E-state index contributed by atoms with van der Waals surface area (Å²) in [5.74, 6) is 0. The molecule has 13 rings (SSSR count). The predicted octanol–water partition coefficient (Wildman–Crippen LogP) is 10.1. The molecule has 0 saturated heterocycles. The molecule has 0 radical (unpaired) electrons. The van der Waals surface area contributed by atoms with Crippen molar-refractivity contribution in [3.05, 3.63) is 127 Å². The van der Waals surface area contributed by atoms with Crippen LogP contribution in [-0.4, -0.2) is 15.9 Å². The first-order valence-corrected chi connectivity index (χ1v) is 17.6. The van der Waals surface area contributed by atoms with E-state index in [1.54, 1.807) is 0 Å². The Labute approximate surface area is 279 Å². The Hall–Kier alpha value is -5.52. The van der Waals surface area contributed by atoms with E-state index in [9.17, 15) is 0 Å². The van der Waals surface area contributed by atoms with Crippen LogP contribution < -0.4 is 10.9 Å². The Morgan fingerprint density at radius 1 is 0.646 bits per heavy atom. The molecular weight excluding hydrogens is 603 g/mol. The van der Waals surface area contributed by atoms with Crippen LogP contribution in [-0.2, 0) is 5.41 Å². The number of furan rings is 1. The Balaban J connectivity index is 1.33. The van der Waals surface area contributed by atoms with Gasteiger partial charge in [0, 0.05) is 59.4 Å². The first-order chi connectivity index (χ1) is 23.6. The molecule has 0 unspecified atom stereocenters. The monoisotopic (exact) mass is 628 g/mol. The molecule has 6 heterocycles. The van der Waals surface area contributed by atoms with Gasteiger partial charge >= 0.3 is 6.85 Å². The lowest BCUT2D eigenvalue weighted by Crippen LogP contribution is -2.56. The van der Waals surface area contributed by atoms with Crippen molar-refractivity contribution in [3.8, 4) is 27.9 Å². The zero-order valence-electron chi connectivity index (χ0n) is 26.3. The Kier molecular flexibility index (Phi) is 3.99. The van der Waals surface area contributed by atoms with Crippen molar-refractivity contribution in [3.63, 3.8) is 0 Å². The maximum Gasteiger partial charge on any atom is 0.332 e. The molecule has 3 nitrogen and oxygen atoms in total. The van der Waals surface area contributed by atoms with Gasteiger partial charge in [-0.1, -0.05) is 98.8 Å².